The van der Waals surface area contributed by atoms with Gasteiger partial charge in [-0.25, -0.2) is 0 Å². The van der Waals surface area contributed by atoms with E-state index in [0.29, 0.717) is 22.8 Å². The zero-order valence-corrected chi connectivity index (χ0v) is 21.5. The van der Waals surface area contributed by atoms with Crippen molar-refractivity contribution in [3.63, 3.8) is 0 Å². The molecule has 8 heteroatoms. The molecule has 194 valence electrons. The largest absolute Gasteiger partial charge is 0.497 e. The molecule has 0 unspecified atom stereocenters. The standard InChI is InChI=1S/C29H31NO7/c1-30(2)27(32)23-24(17-9-7-6-8-10-17)29(18-11-13-19(34-3)14-12-18)28(33,26(23)31)25-21(36-5)15-20(35-4)16-22(25)37-29/h6-16,23-24,26,31,33H,1-5H3/t23-,24-,26+,28-,29-/m0/s1. The van der Waals surface area contributed by atoms with Gasteiger partial charge in [0, 0.05) is 32.1 Å². The summed E-state index contributed by atoms with van der Waals surface area (Å²) in [5, 5.41) is 24.8. The smallest absolute Gasteiger partial charge is 0.228 e. The van der Waals surface area contributed by atoms with E-state index in [1.165, 1.54) is 19.1 Å². The van der Waals surface area contributed by atoms with Crippen LogP contribution in [0.2, 0.25) is 0 Å². The van der Waals surface area contributed by atoms with E-state index in [9.17, 15) is 15.0 Å². The quantitative estimate of drug-likeness (QED) is 0.532. The van der Waals surface area contributed by atoms with Gasteiger partial charge in [0.15, 0.2) is 11.2 Å². The Labute approximate surface area is 216 Å². The van der Waals surface area contributed by atoms with Crippen LogP contribution in [0.4, 0.5) is 0 Å². The average Bonchev–Trinajstić information content (AvgIpc) is 3.30. The highest BCUT2D eigenvalue weighted by atomic mass is 16.5. The third-order valence-corrected chi connectivity index (χ3v) is 7.68. The number of fused-ring (bicyclic) bond motifs is 3. The summed E-state index contributed by atoms with van der Waals surface area (Å²) in [4.78, 5) is 15.1. The van der Waals surface area contributed by atoms with E-state index in [2.05, 4.69) is 0 Å². The van der Waals surface area contributed by atoms with Crippen LogP contribution in [0, 0.1) is 5.92 Å². The minimum absolute atomic E-state index is 0.272. The van der Waals surface area contributed by atoms with Crippen LogP contribution in [-0.2, 0) is 16.0 Å². The average molecular weight is 506 g/mol. The molecule has 1 saturated carbocycles. The number of amides is 1. The van der Waals surface area contributed by atoms with Gasteiger partial charge < -0.3 is 34.1 Å². The van der Waals surface area contributed by atoms with E-state index in [0.717, 1.165) is 5.56 Å². The van der Waals surface area contributed by atoms with Gasteiger partial charge in [-0.1, -0.05) is 42.5 Å². The summed E-state index contributed by atoms with van der Waals surface area (Å²) in [6, 6.07) is 19.8. The summed E-state index contributed by atoms with van der Waals surface area (Å²) >= 11 is 0. The Hall–Kier alpha value is -3.75. The zero-order valence-electron chi connectivity index (χ0n) is 21.5. The van der Waals surface area contributed by atoms with Crippen molar-refractivity contribution in [2.75, 3.05) is 35.4 Å². The van der Waals surface area contributed by atoms with Crippen LogP contribution >= 0.6 is 0 Å². The normalized spacial score (nSPS) is 27.6. The van der Waals surface area contributed by atoms with Gasteiger partial charge in [0.05, 0.1) is 32.8 Å². The molecule has 0 bridgehead atoms. The molecule has 3 aromatic carbocycles. The van der Waals surface area contributed by atoms with Gasteiger partial charge >= 0.3 is 0 Å². The number of nitrogens with zero attached hydrogens (tertiary/aromatic N) is 1. The molecular weight excluding hydrogens is 474 g/mol. The van der Waals surface area contributed by atoms with Crippen LogP contribution in [-0.4, -0.2) is 62.5 Å². The number of ether oxygens (including phenoxy) is 4. The topological polar surface area (TPSA) is 97.7 Å². The lowest BCUT2D eigenvalue weighted by Crippen LogP contribution is -2.52. The number of benzene rings is 3. The maximum absolute atomic E-state index is 13.7. The lowest BCUT2D eigenvalue weighted by atomic mass is 9.70. The Balaban J connectivity index is 1.88. The van der Waals surface area contributed by atoms with Crippen LogP contribution in [0.15, 0.2) is 66.7 Å². The molecule has 3 aromatic rings. The fraction of sp³-hybridized carbons (Fsp3) is 0.345. The molecular formula is C29H31NO7. The summed E-state index contributed by atoms with van der Waals surface area (Å²) < 4.78 is 23.3. The fourth-order valence-electron chi connectivity index (χ4n) is 6.08. The molecule has 1 aliphatic carbocycles. The predicted molar refractivity (Wildman–Crippen MR) is 136 cm³/mol. The van der Waals surface area contributed by atoms with Gasteiger partial charge in [0.1, 0.15) is 29.1 Å². The van der Waals surface area contributed by atoms with Crippen LogP contribution < -0.4 is 18.9 Å². The van der Waals surface area contributed by atoms with Crippen molar-refractivity contribution in [3.8, 4) is 23.0 Å². The fourth-order valence-corrected chi connectivity index (χ4v) is 6.08. The van der Waals surface area contributed by atoms with Crippen molar-refractivity contribution in [2.45, 2.75) is 23.2 Å². The molecule has 0 aromatic heterocycles. The zero-order chi connectivity index (χ0) is 26.5. The number of aliphatic hydroxyl groups excluding tert-OH is 1. The van der Waals surface area contributed by atoms with E-state index >= 15 is 0 Å². The van der Waals surface area contributed by atoms with Gasteiger partial charge in [0.25, 0.3) is 0 Å². The first-order valence-electron chi connectivity index (χ1n) is 12.0. The summed E-state index contributed by atoms with van der Waals surface area (Å²) in [7, 11) is 7.84. The third kappa shape index (κ3) is 3.32. The molecule has 1 fully saturated rings. The molecule has 8 nitrogen and oxygen atoms in total. The van der Waals surface area contributed by atoms with E-state index in [1.807, 2.05) is 30.3 Å². The van der Waals surface area contributed by atoms with Crippen molar-refractivity contribution in [2.24, 2.45) is 5.92 Å². The predicted octanol–water partition coefficient (Wildman–Crippen LogP) is 3.05. The monoisotopic (exact) mass is 505 g/mol. The number of hydrogen-bond acceptors (Lipinski definition) is 7. The minimum Gasteiger partial charge on any atom is -0.497 e. The summed E-state index contributed by atoms with van der Waals surface area (Å²) in [5.41, 5.74) is -2.04. The Morgan fingerprint density at radius 1 is 0.919 bits per heavy atom. The minimum atomic E-state index is -2.05. The number of aliphatic hydroxyl groups is 2. The lowest BCUT2D eigenvalue weighted by molar-refractivity contribution is -0.156. The van der Waals surface area contributed by atoms with Crippen molar-refractivity contribution in [1.29, 1.82) is 0 Å². The van der Waals surface area contributed by atoms with Crippen molar-refractivity contribution >= 4 is 5.91 Å². The summed E-state index contributed by atoms with van der Waals surface area (Å²) in [6.45, 7) is 0. The number of rotatable bonds is 6. The molecule has 0 radical (unpaired) electrons. The van der Waals surface area contributed by atoms with Gasteiger partial charge in [-0.2, -0.15) is 0 Å². The Bertz CT molecular complexity index is 1310. The maximum atomic E-state index is 13.7. The van der Waals surface area contributed by atoms with Gasteiger partial charge in [-0.05, 0) is 23.3 Å². The molecule has 37 heavy (non-hydrogen) atoms. The number of hydrogen-bond donors (Lipinski definition) is 2. The molecule has 1 heterocycles. The first-order valence-corrected chi connectivity index (χ1v) is 12.0. The Morgan fingerprint density at radius 3 is 2.14 bits per heavy atom. The number of carbonyl (C=O) groups excluding carboxylic acids is 1. The molecule has 0 saturated heterocycles. The highest BCUT2D eigenvalue weighted by molar-refractivity contribution is 5.83. The maximum Gasteiger partial charge on any atom is 0.228 e. The molecule has 5 atom stereocenters. The Kier molecular flexibility index (Phi) is 6.04. The van der Waals surface area contributed by atoms with Gasteiger partial charge in [-0.3, -0.25) is 4.79 Å². The highest BCUT2D eigenvalue weighted by Gasteiger charge is 2.78. The number of carbonyl (C=O) groups is 1. The molecule has 5 rings (SSSR count). The molecule has 0 spiro atoms. The van der Waals surface area contributed by atoms with Crippen LogP contribution in [0.3, 0.4) is 0 Å². The van der Waals surface area contributed by atoms with Crippen LogP contribution in [0.5, 0.6) is 23.0 Å². The summed E-state index contributed by atoms with van der Waals surface area (Å²) in [5.74, 6) is -0.426. The second kappa shape index (κ2) is 8.97. The lowest BCUT2D eigenvalue weighted by Gasteiger charge is -2.41. The first kappa shape index (κ1) is 24.9. The molecule has 1 amide bonds. The third-order valence-electron chi connectivity index (χ3n) is 7.68. The van der Waals surface area contributed by atoms with E-state index in [4.69, 9.17) is 18.9 Å². The number of methoxy groups -OCH3 is 3. The van der Waals surface area contributed by atoms with Crippen molar-refractivity contribution in [1.82, 2.24) is 4.90 Å². The first-order chi connectivity index (χ1) is 17.7. The van der Waals surface area contributed by atoms with Crippen molar-refractivity contribution < 1.29 is 34.0 Å². The Morgan fingerprint density at radius 2 is 1.57 bits per heavy atom. The SMILES string of the molecule is COc1ccc([C@@]23Oc4cc(OC)cc(OC)c4[C@]2(O)[C@H](O)[C@@H](C(=O)N(C)C)[C@@H]3c2ccccc2)cc1. The van der Waals surface area contributed by atoms with Crippen LogP contribution in [0.1, 0.15) is 22.6 Å². The van der Waals surface area contributed by atoms with E-state index in [-0.39, 0.29) is 17.2 Å². The van der Waals surface area contributed by atoms with Crippen LogP contribution in [0.25, 0.3) is 0 Å². The second-order valence-electron chi connectivity index (χ2n) is 9.63. The van der Waals surface area contributed by atoms with Gasteiger partial charge in [0.2, 0.25) is 5.91 Å². The molecule has 2 aliphatic rings. The van der Waals surface area contributed by atoms with Crippen molar-refractivity contribution in [3.05, 3.63) is 83.4 Å². The van der Waals surface area contributed by atoms with E-state index < -0.39 is 29.1 Å². The highest BCUT2D eigenvalue weighted by Crippen LogP contribution is 2.70. The molecule has 1 aliphatic heterocycles. The molecule has 2 N–H and O–H groups in total. The summed E-state index contributed by atoms with van der Waals surface area (Å²) in [6.07, 6.45) is -1.53. The second-order valence-corrected chi connectivity index (χ2v) is 9.63. The van der Waals surface area contributed by atoms with E-state index in [1.54, 1.807) is 57.6 Å². The van der Waals surface area contributed by atoms with Gasteiger partial charge in [-0.15, -0.1) is 0 Å².